The summed E-state index contributed by atoms with van der Waals surface area (Å²) in [5, 5.41) is 0. The molecular weight excluding hydrogens is 300 g/mol. The molecule has 0 unspecified atom stereocenters. The second-order valence-corrected chi connectivity index (χ2v) is 4.70. The van der Waals surface area contributed by atoms with Crippen molar-refractivity contribution in [3.05, 3.63) is 50.4 Å². The molecule has 0 aliphatic carbocycles. The number of aromatic amines is 3. The molecule has 118 valence electrons. The Labute approximate surface area is 129 Å². The van der Waals surface area contributed by atoms with Crippen LogP contribution in [0.5, 0.6) is 11.5 Å². The summed E-state index contributed by atoms with van der Waals surface area (Å²) in [6, 6.07) is 5.46. The molecule has 2 aromatic heterocycles. The maximum atomic E-state index is 11.6. The molecule has 0 bridgehead atoms. The van der Waals surface area contributed by atoms with E-state index >= 15 is 0 Å². The van der Waals surface area contributed by atoms with Gasteiger partial charge < -0.3 is 14.5 Å². The van der Waals surface area contributed by atoms with Crippen LogP contribution < -0.4 is 20.7 Å². The molecule has 8 heteroatoms. The van der Waals surface area contributed by atoms with Gasteiger partial charge in [-0.1, -0.05) is 12.1 Å². The third-order valence-electron chi connectivity index (χ3n) is 3.25. The van der Waals surface area contributed by atoms with E-state index in [1.54, 1.807) is 32.4 Å². The number of ether oxygens (including phenoxy) is 2. The second-order valence-electron chi connectivity index (χ2n) is 4.70. The number of imidazole rings is 1. The molecule has 0 atom stereocenters. The molecule has 23 heavy (non-hydrogen) atoms. The first-order valence-electron chi connectivity index (χ1n) is 6.73. The number of nitrogens with zero attached hydrogens (tertiary/aromatic N) is 1. The molecule has 1 aromatic carbocycles. The third-order valence-corrected chi connectivity index (χ3v) is 3.25. The number of rotatable bonds is 4. The average molecular weight is 314 g/mol. The number of methoxy groups -OCH3 is 2. The first-order chi connectivity index (χ1) is 11.1. The molecule has 0 amide bonds. The summed E-state index contributed by atoms with van der Waals surface area (Å²) in [4.78, 5) is 34.4. The largest absolute Gasteiger partial charge is 0.493 e. The van der Waals surface area contributed by atoms with E-state index in [-0.39, 0.29) is 11.2 Å². The Morgan fingerprint density at radius 3 is 2.52 bits per heavy atom. The van der Waals surface area contributed by atoms with Gasteiger partial charge in [0.05, 0.1) is 14.2 Å². The van der Waals surface area contributed by atoms with Crippen LogP contribution in [0, 0.1) is 0 Å². The van der Waals surface area contributed by atoms with Gasteiger partial charge in [-0.2, -0.15) is 0 Å². The third kappa shape index (κ3) is 2.86. The van der Waals surface area contributed by atoms with Gasteiger partial charge in [0, 0.05) is 0 Å². The Balaban J connectivity index is 1.95. The van der Waals surface area contributed by atoms with E-state index in [1.165, 1.54) is 0 Å². The van der Waals surface area contributed by atoms with Crippen molar-refractivity contribution in [1.29, 1.82) is 0 Å². The van der Waals surface area contributed by atoms with Gasteiger partial charge in [0.25, 0.3) is 5.56 Å². The lowest BCUT2D eigenvalue weighted by Gasteiger charge is -2.07. The summed E-state index contributed by atoms with van der Waals surface area (Å²) < 4.78 is 10.4. The van der Waals surface area contributed by atoms with Crippen LogP contribution in [0.4, 0.5) is 0 Å². The zero-order valence-electron chi connectivity index (χ0n) is 12.5. The predicted molar refractivity (Wildman–Crippen MR) is 85.8 cm³/mol. The Morgan fingerprint density at radius 2 is 1.78 bits per heavy atom. The van der Waals surface area contributed by atoms with Crippen LogP contribution in [0.15, 0.2) is 27.8 Å². The molecule has 0 fully saturated rings. The van der Waals surface area contributed by atoms with Gasteiger partial charge in [-0.3, -0.25) is 14.8 Å². The van der Waals surface area contributed by atoms with E-state index in [0.29, 0.717) is 17.3 Å². The van der Waals surface area contributed by atoms with Gasteiger partial charge in [-0.05, 0) is 23.8 Å². The quantitative estimate of drug-likeness (QED) is 0.668. The maximum absolute atomic E-state index is 11.6. The summed E-state index contributed by atoms with van der Waals surface area (Å²) >= 11 is 0. The van der Waals surface area contributed by atoms with Gasteiger partial charge in [-0.15, -0.1) is 0 Å². The Morgan fingerprint density at radius 1 is 1.00 bits per heavy atom. The minimum absolute atomic E-state index is 0.214. The second kappa shape index (κ2) is 5.84. The first-order valence-corrected chi connectivity index (χ1v) is 6.73. The fourth-order valence-corrected chi connectivity index (χ4v) is 2.16. The van der Waals surface area contributed by atoms with Gasteiger partial charge in [0.15, 0.2) is 17.1 Å². The number of benzene rings is 1. The molecule has 0 radical (unpaired) electrons. The van der Waals surface area contributed by atoms with Gasteiger partial charge in [-0.25, -0.2) is 9.78 Å². The van der Waals surface area contributed by atoms with Crippen LogP contribution in [0.2, 0.25) is 0 Å². The van der Waals surface area contributed by atoms with Crippen LogP contribution >= 0.6 is 0 Å². The number of nitrogens with one attached hydrogen (secondary N) is 3. The monoisotopic (exact) mass is 314 g/mol. The van der Waals surface area contributed by atoms with Crippen LogP contribution in [-0.2, 0) is 0 Å². The van der Waals surface area contributed by atoms with Crippen molar-refractivity contribution in [3.63, 3.8) is 0 Å². The van der Waals surface area contributed by atoms with Crippen molar-refractivity contribution in [1.82, 2.24) is 19.9 Å². The lowest BCUT2D eigenvalue weighted by molar-refractivity contribution is 0.355. The number of aromatic nitrogens is 4. The lowest BCUT2D eigenvalue weighted by Crippen LogP contribution is -2.21. The van der Waals surface area contributed by atoms with E-state index in [1.807, 2.05) is 12.1 Å². The highest BCUT2D eigenvalue weighted by Crippen LogP contribution is 2.28. The zero-order chi connectivity index (χ0) is 16.4. The van der Waals surface area contributed by atoms with Crippen molar-refractivity contribution in [2.75, 3.05) is 14.2 Å². The standard InChI is InChI=1S/C15H14N4O4/c1-22-9-5-3-8(7-10(9)23-2)4-6-11-16-12-13(17-11)18-15(21)19-14(12)20/h3-7H,1-2H3,(H3,16,17,18,19,20,21)/b6-4+. The predicted octanol–water partition coefficient (Wildman–Crippen LogP) is 1.13. The number of hydrogen-bond donors (Lipinski definition) is 3. The Kier molecular flexibility index (Phi) is 3.71. The Bertz CT molecular complexity index is 997. The fourth-order valence-electron chi connectivity index (χ4n) is 2.16. The van der Waals surface area contributed by atoms with E-state index in [0.717, 1.165) is 5.56 Å². The first kappa shape index (κ1) is 14.6. The normalized spacial score (nSPS) is 11.2. The maximum Gasteiger partial charge on any atom is 0.327 e. The molecule has 8 nitrogen and oxygen atoms in total. The van der Waals surface area contributed by atoms with Crippen molar-refractivity contribution in [2.45, 2.75) is 0 Å². The van der Waals surface area contributed by atoms with Crippen LogP contribution in [-0.4, -0.2) is 34.2 Å². The molecule has 0 spiro atoms. The van der Waals surface area contributed by atoms with E-state index in [2.05, 4.69) is 19.9 Å². The molecule has 3 rings (SSSR count). The number of H-pyrrole nitrogens is 3. The molecule has 0 aliphatic rings. The molecule has 2 heterocycles. The smallest absolute Gasteiger partial charge is 0.327 e. The molecule has 3 N–H and O–H groups in total. The highest BCUT2D eigenvalue weighted by molar-refractivity contribution is 5.75. The minimum Gasteiger partial charge on any atom is -0.493 e. The molecule has 0 aliphatic heterocycles. The van der Waals surface area contributed by atoms with Gasteiger partial charge in [0.1, 0.15) is 11.3 Å². The van der Waals surface area contributed by atoms with Crippen LogP contribution in [0.3, 0.4) is 0 Å². The highest BCUT2D eigenvalue weighted by Gasteiger charge is 2.06. The van der Waals surface area contributed by atoms with E-state index in [4.69, 9.17) is 9.47 Å². The van der Waals surface area contributed by atoms with Crippen molar-refractivity contribution >= 4 is 23.3 Å². The van der Waals surface area contributed by atoms with Crippen LogP contribution in [0.1, 0.15) is 11.4 Å². The zero-order valence-corrected chi connectivity index (χ0v) is 12.5. The fraction of sp³-hybridized carbons (Fsp3) is 0.133. The highest BCUT2D eigenvalue weighted by atomic mass is 16.5. The van der Waals surface area contributed by atoms with Gasteiger partial charge in [0.2, 0.25) is 0 Å². The molecule has 3 aromatic rings. The van der Waals surface area contributed by atoms with Crippen molar-refractivity contribution in [2.24, 2.45) is 0 Å². The van der Waals surface area contributed by atoms with Gasteiger partial charge >= 0.3 is 5.69 Å². The Hall–Kier alpha value is -3.29. The summed E-state index contributed by atoms with van der Waals surface area (Å²) in [5.74, 6) is 1.69. The summed E-state index contributed by atoms with van der Waals surface area (Å²) in [7, 11) is 3.13. The van der Waals surface area contributed by atoms with Crippen LogP contribution in [0.25, 0.3) is 23.3 Å². The molecule has 0 saturated heterocycles. The lowest BCUT2D eigenvalue weighted by atomic mass is 10.2. The summed E-state index contributed by atoms with van der Waals surface area (Å²) in [6.45, 7) is 0. The van der Waals surface area contributed by atoms with E-state index < -0.39 is 11.2 Å². The molecular formula is C15H14N4O4. The topological polar surface area (TPSA) is 113 Å². The van der Waals surface area contributed by atoms with Crippen molar-refractivity contribution < 1.29 is 9.47 Å². The minimum atomic E-state index is -0.593. The average Bonchev–Trinajstić information content (AvgIpc) is 2.95. The van der Waals surface area contributed by atoms with E-state index in [9.17, 15) is 9.59 Å². The number of fused-ring (bicyclic) bond motifs is 1. The molecule has 0 saturated carbocycles. The summed E-state index contributed by atoms with van der Waals surface area (Å²) in [5.41, 5.74) is 0.194. The summed E-state index contributed by atoms with van der Waals surface area (Å²) in [6.07, 6.45) is 3.49. The number of hydrogen-bond acceptors (Lipinski definition) is 5. The SMILES string of the molecule is COc1ccc(/C=C/c2nc3[nH]c(=O)[nH]c(=O)c3[nH]2)cc1OC. The van der Waals surface area contributed by atoms with Crippen molar-refractivity contribution in [3.8, 4) is 11.5 Å².